The molecule has 0 N–H and O–H groups in total. The summed E-state index contributed by atoms with van der Waals surface area (Å²) in [6.45, 7) is 0. The van der Waals surface area contributed by atoms with Gasteiger partial charge in [-0.15, -0.1) is 0 Å². The Bertz CT molecular complexity index is 1170. The van der Waals surface area contributed by atoms with Gasteiger partial charge in [0.2, 0.25) is 0 Å². The second-order valence-corrected chi connectivity index (χ2v) is 12.0. The molecule has 0 atom stereocenters. The van der Waals surface area contributed by atoms with Gasteiger partial charge in [0.15, 0.2) is 0 Å². The lowest BCUT2D eigenvalue weighted by atomic mass is 9.76. The lowest BCUT2D eigenvalue weighted by Crippen LogP contribution is -2.13. The Morgan fingerprint density at radius 3 is 0.897 bits per heavy atom. The summed E-state index contributed by atoms with van der Waals surface area (Å²) < 4.78 is 0. The minimum atomic E-state index is 0.592. The molecular weight excluding hydrogens is 468 g/mol. The van der Waals surface area contributed by atoms with E-state index >= 15 is 0 Å². The van der Waals surface area contributed by atoms with Gasteiger partial charge in [-0.3, -0.25) is 0 Å². The average molecular weight is 513 g/mol. The summed E-state index contributed by atoms with van der Waals surface area (Å²) >= 11 is 0. The molecule has 2 aliphatic carbocycles. The first-order chi connectivity index (χ1) is 19.4. The highest BCUT2D eigenvalue weighted by molar-refractivity contribution is 5.50. The smallest absolute Gasteiger partial charge is 0.00950 e. The molecule has 4 aromatic carbocycles. The van der Waals surface area contributed by atoms with Gasteiger partial charge in [0.1, 0.15) is 0 Å². The summed E-state index contributed by atoms with van der Waals surface area (Å²) in [5, 5.41) is 0. The van der Waals surface area contributed by atoms with Gasteiger partial charge in [-0.2, -0.15) is 0 Å². The molecular formula is C39H44. The van der Waals surface area contributed by atoms with Crippen molar-refractivity contribution in [1.82, 2.24) is 0 Å². The van der Waals surface area contributed by atoms with Crippen molar-refractivity contribution >= 4 is 0 Å². The Morgan fingerprint density at radius 2 is 0.590 bits per heavy atom. The number of unbranched alkanes of at least 4 members (excludes halogenated alkanes) is 8. The van der Waals surface area contributed by atoms with Crippen molar-refractivity contribution in [2.24, 2.45) is 0 Å². The molecule has 0 saturated carbocycles. The Kier molecular flexibility index (Phi) is 8.59. The third-order valence-corrected chi connectivity index (χ3v) is 9.47. The van der Waals surface area contributed by atoms with Crippen molar-refractivity contribution in [3.8, 4) is 0 Å². The van der Waals surface area contributed by atoms with Crippen molar-refractivity contribution < 1.29 is 0 Å². The van der Waals surface area contributed by atoms with Gasteiger partial charge in [-0.05, 0) is 70.2 Å². The van der Waals surface area contributed by atoms with Crippen LogP contribution in [0.1, 0.15) is 127 Å². The third-order valence-electron chi connectivity index (χ3n) is 9.47. The van der Waals surface area contributed by atoms with Crippen LogP contribution in [-0.4, -0.2) is 0 Å². The Balaban J connectivity index is 0.886. The van der Waals surface area contributed by atoms with Crippen LogP contribution in [0, 0.1) is 0 Å². The van der Waals surface area contributed by atoms with E-state index in [9.17, 15) is 0 Å². The van der Waals surface area contributed by atoms with Crippen LogP contribution >= 0.6 is 0 Å². The van der Waals surface area contributed by atoms with Crippen LogP contribution in [0.4, 0.5) is 0 Å². The van der Waals surface area contributed by atoms with Gasteiger partial charge in [0.05, 0.1) is 0 Å². The molecule has 2 aliphatic rings. The average Bonchev–Trinajstić information content (AvgIpc) is 2.98. The normalized spacial score (nSPS) is 14.4. The first-order valence-electron chi connectivity index (χ1n) is 15.7. The van der Waals surface area contributed by atoms with Crippen molar-refractivity contribution in [3.05, 3.63) is 142 Å². The minimum absolute atomic E-state index is 0.592. The van der Waals surface area contributed by atoms with Gasteiger partial charge in [-0.1, -0.05) is 155 Å². The summed E-state index contributed by atoms with van der Waals surface area (Å²) in [5.74, 6) is 1.18. The summed E-state index contributed by atoms with van der Waals surface area (Å²) in [7, 11) is 0. The van der Waals surface area contributed by atoms with Crippen molar-refractivity contribution in [2.75, 3.05) is 0 Å². The van der Waals surface area contributed by atoms with Gasteiger partial charge in [0, 0.05) is 11.8 Å². The quantitative estimate of drug-likeness (QED) is 0.166. The summed E-state index contributed by atoms with van der Waals surface area (Å²) in [6, 6.07) is 36.6. The zero-order valence-electron chi connectivity index (χ0n) is 23.6. The van der Waals surface area contributed by atoms with Gasteiger partial charge in [-0.25, -0.2) is 0 Å². The van der Waals surface area contributed by atoms with Gasteiger partial charge in [0.25, 0.3) is 0 Å². The van der Waals surface area contributed by atoms with E-state index in [1.165, 1.54) is 92.9 Å². The van der Waals surface area contributed by atoms with E-state index in [4.69, 9.17) is 0 Å². The highest BCUT2D eigenvalue weighted by Crippen LogP contribution is 2.40. The highest BCUT2D eigenvalue weighted by atomic mass is 14.3. The molecule has 200 valence electrons. The first-order valence-corrected chi connectivity index (χ1v) is 15.7. The van der Waals surface area contributed by atoms with E-state index in [2.05, 4.69) is 97.1 Å². The summed E-state index contributed by atoms with van der Waals surface area (Å²) in [4.78, 5) is 0. The minimum Gasteiger partial charge on any atom is -0.0620 e. The van der Waals surface area contributed by atoms with Crippen LogP contribution in [0.25, 0.3) is 0 Å². The Labute approximate surface area is 236 Å². The molecule has 0 nitrogen and oxygen atoms in total. The van der Waals surface area contributed by atoms with E-state index in [1.807, 2.05) is 0 Å². The van der Waals surface area contributed by atoms with Gasteiger partial charge < -0.3 is 0 Å². The molecule has 0 heterocycles. The van der Waals surface area contributed by atoms with Crippen LogP contribution in [0.15, 0.2) is 97.1 Å². The predicted molar refractivity (Wildman–Crippen MR) is 166 cm³/mol. The van der Waals surface area contributed by atoms with E-state index in [0.29, 0.717) is 11.8 Å². The van der Waals surface area contributed by atoms with Crippen LogP contribution in [-0.2, 0) is 12.8 Å². The summed E-state index contributed by atoms with van der Waals surface area (Å²) in [5.41, 5.74) is 12.5. The maximum absolute atomic E-state index is 2.38. The number of hydrogen-bond acceptors (Lipinski definition) is 0. The van der Waals surface area contributed by atoms with E-state index in [-0.39, 0.29) is 0 Å². The zero-order chi connectivity index (χ0) is 26.3. The molecule has 0 aromatic heterocycles. The molecule has 4 aromatic rings. The molecule has 39 heavy (non-hydrogen) atoms. The van der Waals surface area contributed by atoms with Crippen LogP contribution in [0.2, 0.25) is 0 Å². The topological polar surface area (TPSA) is 0 Å². The fourth-order valence-corrected chi connectivity index (χ4v) is 7.44. The molecule has 0 heteroatoms. The number of fused-ring (bicyclic) bond motifs is 4. The van der Waals surface area contributed by atoms with Crippen molar-refractivity contribution in [1.29, 1.82) is 0 Å². The zero-order valence-corrected chi connectivity index (χ0v) is 23.6. The van der Waals surface area contributed by atoms with Crippen LogP contribution in [0.5, 0.6) is 0 Å². The second-order valence-electron chi connectivity index (χ2n) is 12.0. The Hall–Kier alpha value is -3.12. The van der Waals surface area contributed by atoms with E-state index in [0.717, 1.165) is 12.8 Å². The van der Waals surface area contributed by atoms with Gasteiger partial charge >= 0.3 is 0 Å². The molecule has 0 fully saturated rings. The monoisotopic (exact) mass is 512 g/mol. The molecule has 0 unspecified atom stereocenters. The molecule has 0 spiro atoms. The van der Waals surface area contributed by atoms with Crippen molar-refractivity contribution in [3.63, 3.8) is 0 Å². The fraction of sp³-hybridized carbons (Fsp3) is 0.385. The van der Waals surface area contributed by atoms with E-state index < -0.39 is 0 Å². The number of hydrogen-bond donors (Lipinski definition) is 0. The maximum Gasteiger partial charge on any atom is 0.00950 e. The molecule has 0 aliphatic heterocycles. The third kappa shape index (κ3) is 6.06. The number of benzene rings is 4. The number of rotatable bonds is 12. The Morgan fingerprint density at radius 1 is 0.333 bits per heavy atom. The standard InChI is InChI=1S/C39H44/c1(2-4-6-8-26-38-34-22-14-10-18-30(34)28-31-19-11-15-23-35(31)38)3-5-7-9-27-39-36-24-16-12-20-32(36)29-33-21-13-17-25-37(33)39/h10-25,38-39H,1-9,26-29H2. The molecule has 0 saturated heterocycles. The fourth-order valence-electron chi connectivity index (χ4n) is 7.44. The molecule has 0 bridgehead atoms. The summed E-state index contributed by atoms with van der Waals surface area (Å²) in [6.07, 6.45) is 17.2. The molecule has 0 amide bonds. The molecule has 0 radical (unpaired) electrons. The first kappa shape index (κ1) is 26.1. The van der Waals surface area contributed by atoms with Crippen molar-refractivity contribution in [2.45, 2.75) is 95.3 Å². The van der Waals surface area contributed by atoms with Crippen LogP contribution in [0.3, 0.4) is 0 Å². The lowest BCUT2D eigenvalue weighted by molar-refractivity contribution is 0.528. The SMILES string of the molecule is c1ccc2c(c1)Cc1ccccc1C2CCCCCCCCCCCC1c2ccccc2Cc2ccccc21. The molecule has 6 rings (SSSR count). The lowest BCUT2D eigenvalue weighted by Gasteiger charge is -2.28. The largest absolute Gasteiger partial charge is 0.0620 e. The predicted octanol–water partition coefficient (Wildman–Crippen LogP) is 10.8. The van der Waals surface area contributed by atoms with Crippen LogP contribution < -0.4 is 0 Å². The second kappa shape index (κ2) is 12.8. The highest BCUT2D eigenvalue weighted by Gasteiger charge is 2.25. The van der Waals surface area contributed by atoms with E-state index in [1.54, 1.807) is 22.3 Å². The maximum atomic E-state index is 2.38.